The first-order valence-electron chi connectivity index (χ1n) is 4.96. The van der Waals surface area contributed by atoms with E-state index in [4.69, 9.17) is 4.74 Å². The minimum Gasteiger partial charge on any atom is -0.461 e. The third-order valence-electron chi connectivity index (χ3n) is 2.50. The summed E-state index contributed by atoms with van der Waals surface area (Å²) in [7, 11) is 0. The second-order valence-electron chi connectivity index (χ2n) is 3.61. The molecule has 0 aliphatic heterocycles. The van der Waals surface area contributed by atoms with Gasteiger partial charge in [0.15, 0.2) is 5.69 Å². The summed E-state index contributed by atoms with van der Waals surface area (Å²) in [6, 6.07) is 0. The predicted molar refractivity (Wildman–Crippen MR) is 58.5 cm³/mol. The average molecular weight is 231 g/mol. The van der Waals surface area contributed by atoms with Gasteiger partial charge in [-0.3, -0.25) is 5.10 Å². The first kappa shape index (κ1) is 12.0. The van der Waals surface area contributed by atoms with Crippen LogP contribution in [0.25, 0.3) is 0 Å². The van der Waals surface area contributed by atoms with Crippen molar-refractivity contribution in [3.63, 3.8) is 0 Å². The third-order valence-corrected chi connectivity index (χ3v) is 2.50. The van der Waals surface area contributed by atoms with E-state index in [1.807, 2.05) is 6.92 Å². The van der Waals surface area contributed by atoms with Crippen molar-refractivity contribution in [2.24, 2.45) is 0 Å². The van der Waals surface area contributed by atoms with Crippen LogP contribution in [0.15, 0.2) is 0 Å². The number of halogens is 1. The SMILES string of the molecule is CCOC(=O)c1n[nH]c(C2CC2)c1C.Cl. The van der Waals surface area contributed by atoms with Crippen LogP contribution in [0.4, 0.5) is 0 Å². The Kier molecular flexibility index (Phi) is 3.74. The number of esters is 1. The van der Waals surface area contributed by atoms with Crippen LogP contribution in [-0.4, -0.2) is 22.8 Å². The van der Waals surface area contributed by atoms with Gasteiger partial charge in [-0.15, -0.1) is 12.4 Å². The Morgan fingerprint density at radius 1 is 1.60 bits per heavy atom. The second-order valence-corrected chi connectivity index (χ2v) is 3.61. The van der Waals surface area contributed by atoms with Gasteiger partial charge in [0.2, 0.25) is 0 Å². The van der Waals surface area contributed by atoms with Crippen molar-refractivity contribution in [2.45, 2.75) is 32.6 Å². The van der Waals surface area contributed by atoms with Crippen LogP contribution < -0.4 is 0 Å². The van der Waals surface area contributed by atoms with Gasteiger partial charge in [-0.05, 0) is 26.7 Å². The molecule has 1 aliphatic rings. The number of carbonyl (C=O) groups is 1. The molecule has 84 valence electrons. The van der Waals surface area contributed by atoms with Gasteiger partial charge in [0.05, 0.1) is 6.61 Å². The van der Waals surface area contributed by atoms with Crippen molar-refractivity contribution in [3.8, 4) is 0 Å². The minimum absolute atomic E-state index is 0. The molecular formula is C10H15ClN2O2. The number of H-pyrrole nitrogens is 1. The summed E-state index contributed by atoms with van der Waals surface area (Å²) in [5.41, 5.74) is 2.49. The molecule has 1 fully saturated rings. The van der Waals surface area contributed by atoms with E-state index in [0.717, 1.165) is 11.3 Å². The lowest BCUT2D eigenvalue weighted by molar-refractivity contribution is 0.0518. The van der Waals surface area contributed by atoms with Crippen molar-refractivity contribution in [2.75, 3.05) is 6.61 Å². The van der Waals surface area contributed by atoms with Crippen LogP contribution in [0.5, 0.6) is 0 Å². The van der Waals surface area contributed by atoms with Crippen molar-refractivity contribution >= 4 is 18.4 Å². The molecular weight excluding hydrogens is 216 g/mol. The standard InChI is InChI=1S/C10H14N2O2.ClH/c1-3-14-10(13)9-6(2)8(11-12-9)7-4-5-7;/h7H,3-5H2,1-2H3,(H,11,12);1H. The van der Waals surface area contributed by atoms with Gasteiger partial charge in [-0.1, -0.05) is 0 Å². The maximum Gasteiger partial charge on any atom is 0.359 e. The number of carbonyl (C=O) groups excluding carboxylic acids is 1. The Bertz CT molecular complexity index is 358. The Balaban J connectivity index is 0.00000112. The highest BCUT2D eigenvalue weighted by atomic mass is 35.5. The van der Waals surface area contributed by atoms with Crippen LogP contribution in [0, 0.1) is 6.92 Å². The zero-order chi connectivity index (χ0) is 10.1. The summed E-state index contributed by atoms with van der Waals surface area (Å²) in [5, 5.41) is 6.92. The van der Waals surface area contributed by atoms with Crippen LogP contribution in [0.2, 0.25) is 0 Å². The summed E-state index contributed by atoms with van der Waals surface area (Å²) in [6.07, 6.45) is 2.40. The van der Waals surface area contributed by atoms with Gasteiger partial charge in [0, 0.05) is 17.2 Å². The molecule has 5 heteroatoms. The van der Waals surface area contributed by atoms with E-state index >= 15 is 0 Å². The Hall–Kier alpha value is -1.03. The summed E-state index contributed by atoms with van der Waals surface area (Å²) in [6.45, 7) is 4.11. The normalized spacial score (nSPS) is 14.5. The van der Waals surface area contributed by atoms with Crippen LogP contribution >= 0.6 is 12.4 Å². The quantitative estimate of drug-likeness (QED) is 0.810. The zero-order valence-electron chi connectivity index (χ0n) is 8.87. The molecule has 0 saturated heterocycles. The highest BCUT2D eigenvalue weighted by Gasteiger charge is 2.29. The van der Waals surface area contributed by atoms with Gasteiger partial charge < -0.3 is 4.74 Å². The van der Waals surface area contributed by atoms with Crippen molar-refractivity contribution in [1.82, 2.24) is 10.2 Å². The van der Waals surface area contributed by atoms with E-state index in [0.29, 0.717) is 18.2 Å². The van der Waals surface area contributed by atoms with E-state index in [2.05, 4.69) is 10.2 Å². The number of aromatic nitrogens is 2. The topological polar surface area (TPSA) is 55.0 Å². The number of ether oxygens (including phenoxy) is 1. The van der Waals surface area contributed by atoms with Gasteiger partial charge in [-0.25, -0.2) is 4.79 Å². The third kappa shape index (κ3) is 2.31. The van der Waals surface area contributed by atoms with Gasteiger partial charge >= 0.3 is 5.97 Å². The molecule has 0 atom stereocenters. The number of hydrogen-bond acceptors (Lipinski definition) is 3. The molecule has 1 N–H and O–H groups in total. The molecule has 1 saturated carbocycles. The molecule has 2 rings (SSSR count). The lowest BCUT2D eigenvalue weighted by Gasteiger charge is -1.99. The van der Waals surface area contributed by atoms with Crippen molar-refractivity contribution < 1.29 is 9.53 Å². The van der Waals surface area contributed by atoms with Gasteiger partial charge in [0.25, 0.3) is 0 Å². The molecule has 0 spiro atoms. The second kappa shape index (κ2) is 4.66. The lowest BCUT2D eigenvalue weighted by Crippen LogP contribution is -2.06. The molecule has 15 heavy (non-hydrogen) atoms. The first-order valence-corrected chi connectivity index (χ1v) is 4.96. The monoisotopic (exact) mass is 230 g/mol. The van der Waals surface area contributed by atoms with Crippen LogP contribution in [0.3, 0.4) is 0 Å². The van der Waals surface area contributed by atoms with Gasteiger partial charge in [0.1, 0.15) is 0 Å². The Morgan fingerprint density at radius 3 is 2.80 bits per heavy atom. The smallest absolute Gasteiger partial charge is 0.359 e. The fourth-order valence-electron chi connectivity index (χ4n) is 1.58. The maximum absolute atomic E-state index is 11.4. The average Bonchev–Trinajstić information content (AvgIpc) is 2.91. The maximum atomic E-state index is 11.4. The molecule has 1 aliphatic carbocycles. The summed E-state index contributed by atoms with van der Waals surface area (Å²) >= 11 is 0. The highest BCUT2D eigenvalue weighted by molar-refractivity contribution is 5.89. The molecule has 0 bridgehead atoms. The fourth-order valence-corrected chi connectivity index (χ4v) is 1.58. The predicted octanol–water partition coefficient (Wildman–Crippen LogP) is 2.19. The summed E-state index contributed by atoms with van der Waals surface area (Å²) < 4.78 is 4.90. The minimum atomic E-state index is -0.326. The van der Waals surface area contributed by atoms with Crippen molar-refractivity contribution in [1.29, 1.82) is 0 Å². The molecule has 0 amide bonds. The number of aromatic amines is 1. The van der Waals surface area contributed by atoms with Crippen molar-refractivity contribution in [3.05, 3.63) is 17.0 Å². The molecule has 0 radical (unpaired) electrons. The molecule has 1 aromatic rings. The van der Waals surface area contributed by atoms with E-state index in [1.165, 1.54) is 12.8 Å². The summed E-state index contributed by atoms with van der Waals surface area (Å²) in [4.78, 5) is 11.4. The Morgan fingerprint density at radius 2 is 2.27 bits per heavy atom. The van der Waals surface area contributed by atoms with Gasteiger partial charge in [-0.2, -0.15) is 5.10 Å². The number of nitrogens with one attached hydrogen (secondary N) is 1. The number of rotatable bonds is 3. The number of hydrogen-bond donors (Lipinski definition) is 1. The Labute approximate surface area is 94.8 Å². The first-order chi connectivity index (χ1) is 6.74. The van der Waals surface area contributed by atoms with Crippen LogP contribution in [-0.2, 0) is 4.74 Å². The summed E-state index contributed by atoms with van der Waals surface area (Å²) in [5.74, 6) is 0.263. The van der Waals surface area contributed by atoms with E-state index in [-0.39, 0.29) is 18.4 Å². The highest BCUT2D eigenvalue weighted by Crippen LogP contribution is 2.40. The number of nitrogens with zero attached hydrogens (tertiary/aromatic N) is 1. The van der Waals surface area contributed by atoms with Crippen LogP contribution in [0.1, 0.15) is 47.4 Å². The molecule has 4 nitrogen and oxygen atoms in total. The lowest BCUT2D eigenvalue weighted by atomic mass is 10.1. The molecule has 1 heterocycles. The molecule has 0 aromatic carbocycles. The van der Waals surface area contributed by atoms with E-state index in [1.54, 1.807) is 6.92 Å². The van der Waals surface area contributed by atoms with E-state index in [9.17, 15) is 4.79 Å². The molecule has 0 unspecified atom stereocenters. The zero-order valence-corrected chi connectivity index (χ0v) is 9.69. The fraction of sp³-hybridized carbons (Fsp3) is 0.600. The largest absolute Gasteiger partial charge is 0.461 e. The molecule has 1 aromatic heterocycles. The van der Waals surface area contributed by atoms with E-state index < -0.39 is 0 Å².